The highest BCUT2D eigenvalue weighted by atomic mass is 32.2. The molecule has 0 saturated carbocycles. The molecule has 4 nitrogen and oxygen atoms in total. The summed E-state index contributed by atoms with van der Waals surface area (Å²) in [6, 6.07) is 10.6. The number of nitrogens with one attached hydrogen (secondary N) is 2. The van der Waals surface area contributed by atoms with Crippen LogP contribution in [0.5, 0.6) is 0 Å². The van der Waals surface area contributed by atoms with Crippen LogP contribution in [0.3, 0.4) is 0 Å². The molecular formula is C20H34N4S. The minimum Gasteiger partial charge on any atom is -0.357 e. The lowest BCUT2D eigenvalue weighted by molar-refractivity contribution is 0.183. The Morgan fingerprint density at radius 3 is 2.80 bits per heavy atom. The van der Waals surface area contributed by atoms with Gasteiger partial charge in [-0.25, -0.2) is 0 Å². The Hall–Kier alpha value is -1.20. The van der Waals surface area contributed by atoms with Gasteiger partial charge in [-0.05, 0) is 50.9 Å². The van der Waals surface area contributed by atoms with Crippen molar-refractivity contribution in [3.8, 4) is 0 Å². The average molecular weight is 363 g/mol. The van der Waals surface area contributed by atoms with Gasteiger partial charge in [-0.3, -0.25) is 4.99 Å². The normalized spacial score (nSPS) is 20.3. The van der Waals surface area contributed by atoms with E-state index in [1.807, 2.05) is 11.8 Å². The van der Waals surface area contributed by atoms with Crippen LogP contribution in [-0.2, 0) is 0 Å². The molecule has 25 heavy (non-hydrogen) atoms. The zero-order valence-electron chi connectivity index (χ0n) is 16.0. The molecule has 0 bridgehead atoms. The number of hydrogen-bond donors (Lipinski definition) is 2. The van der Waals surface area contributed by atoms with E-state index in [1.165, 1.54) is 37.4 Å². The van der Waals surface area contributed by atoms with Crippen molar-refractivity contribution in [2.45, 2.75) is 43.8 Å². The lowest BCUT2D eigenvalue weighted by Gasteiger charge is -2.32. The largest absolute Gasteiger partial charge is 0.357 e. The fraction of sp³-hybridized carbons (Fsp3) is 0.650. The maximum atomic E-state index is 4.79. The Kier molecular flexibility index (Phi) is 9.19. The maximum absolute atomic E-state index is 4.79. The molecule has 0 amide bonds. The molecule has 1 heterocycles. The number of likely N-dealkylation sites (tertiary alicyclic amines) is 1. The standard InChI is InChI=1S/C20H34N4S/c1-4-21-20(23-15-18-10-9-13-24(5-2)16-18)22-14-17(3)25-19-11-7-6-8-12-19/h6-8,11-12,17-18H,4-5,9-10,13-16H2,1-3H3,(H2,21,22,23). The van der Waals surface area contributed by atoms with Gasteiger partial charge < -0.3 is 15.5 Å². The first-order chi connectivity index (χ1) is 12.2. The first-order valence-corrected chi connectivity index (χ1v) is 10.6. The van der Waals surface area contributed by atoms with Crippen LogP contribution >= 0.6 is 11.8 Å². The summed E-state index contributed by atoms with van der Waals surface area (Å²) in [7, 11) is 0. The molecule has 2 N–H and O–H groups in total. The van der Waals surface area contributed by atoms with E-state index >= 15 is 0 Å². The molecule has 1 aliphatic heterocycles. The highest BCUT2D eigenvalue weighted by Gasteiger charge is 2.18. The minimum atomic E-state index is 0.461. The molecule has 1 aliphatic rings. The number of guanidine groups is 1. The van der Waals surface area contributed by atoms with Gasteiger partial charge in [0.25, 0.3) is 0 Å². The maximum Gasteiger partial charge on any atom is 0.191 e. The number of thioether (sulfide) groups is 1. The first-order valence-electron chi connectivity index (χ1n) is 9.67. The Morgan fingerprint density at radius 2 is 2.08 bits per heavy atom. The quantitative estimate of drug-likeness (QED) is 0.422. The number of aliphatic imine (C=N–C) groups is 1. The van der Waals surface area contributed by atoms with E-state index in [9.17, 15) is 0 Å². The lowest BCUT2D eigenvalue weighted by Crippen LogP contribution is -2.44. The summed E-state index contributed by atoms with van der Waals surface area (Å²) in [6.45, 7) is 13.0. The molecule has 1 saturated heterocycles. The molecule has 0 aliphatic carbocycles. The summed E-state index contributed by atoms with van der Waals surface area (Å²) < 4.78 is 0. The number of nitrogens with zero attached hydrogens (tertiary/aromatic N) is 2. The van der Waals surface area contributed by atoms with E-state index in [0.717, 1.165) is 31.5 Å². The van der Waals surface area contributed by atoms with Crippen molar-refractivity contribution in [3.05, 3.63) is 30.3 Å². The molecule has 0 aromatic heterocycles. The molecule has 2 unspecified atom stereocenters. The van der Waals surface area contributed by atoms with Crippen molar-refractivity contribution >= 4 is 17.7 Å². The highest BCUT2D eigenvalue weighted by Crippen LogP contribution is 2.22. The van der Waals surface area contributed by atoms with E-state index in [1.54, 1.807) is 0 Å². The Labute approximate surface area is 157 Å². The van der Waals surface area contributed by atoms with Gasteiger partial charge >= 0.3 is 0 Å². The van der Waals surface area contributed by atoms with Crippen LogP contribution in [0.4, 0.5) is 0 Å². The first kappa shape index (κ1) is 20.1. The SMILES string of the molecule is CCNC(=NCC(C)Sc1ccccc1)NCC1CCCN(CC)C1. The van der Waals surface area contributed by atoms with Gasteiger partial charge in [-0.15, -0.1) is 11.8 Å². The fourth-order valence-corrected chi connectivity index (χ4v) is 4.10. The van der Waals surface area contributed by atoms with Gasteiger partial charge in [0.1, 0.15) is 0 Å². The zero-order valence-corrected chi connectivity index (χ0v) is 16.8. The number of rotatable bonds is 8. The van der Waals surface area contributed by atoms with Gasteiger partial charge in [-0.1, -0.05) is 32.0 Å². The van der Waals surface area contributed by atoms with E-state index < -0.39 is 0 Å². The third-order valence-corrected chi connectivity index (χ3v) is 5.64. The summed E-state index contributed by atoms with van der Waals surface area (Å²) >= 11 is 1.88. The van der Waals surface area contributed by atoms with E-state index in [4.69, 9.17) is 4.99 Å². The van der Waals surface area contributed by atoms with Crippen molar-refractivity contribution in [1.29, 1.82) is 0 Å². The second-order valence-electron chi connectivity index (χ2n) is 6.74. The Bertz CT molecular complexity index is 506. The van der Waals surface area contributed by atoms with Crippen LogP contribution in [0.15, 0.2) is 40.2 Å². The summed E-state index contributed by atoms with van der Waals surface area (Å²) in [5, 5.41) is 7.40. The van der Waals surface area contributed by atoms with Crippen LogP contribution < -0.4 is 10.6 Å². The van der Waals surface area contributed by atoms with Gasteiger partial charge in [0, 0.05) is 29.8 Å². The summed E-state index contributed by atoms with van der Waals surface area (Å²) in [6.07, 6.45) is 2.64. The van der Waals surface area contributed by atoms with Gasteiger partial charge in [0.2, 0.25) is 0 Å². The molecule has 140 valence electrons. The smallest absolute Gasteiger partial charge is 0.191 e. The Balaban J connectivity index is 1.79. The summed E-state index contributed by atoms with van der Waals surface area (Å²) in [5.41, 5.74) is 0. The molecule has 1 aromatic carbocycles. The monoisotopic (exact) mass is 362 g/mol. The summed E-state index contributed by atoms with van der Waals surface area (Å²) in [4.78, 5) is 8.66. The molecule has 5 heteroatoms. The van der Waals surface area contributed by atoms with Crippen molar-refractivity contribution in [1.82, 2.24) is 15.5 Å². The zero-order chi connectivity index (χ0) is 17.9. The Morgan fingerprint density at radius 1 is 1.28 bits per heavy atom. The second kappa shape index (κ2) is 11.4. The average Bonchev–Trinajstić information content (AvgIpc) is 2.65. The predicted octanol–water partition coefficient (Wildman–Crippen LogP) is 3.45. The van der Waals surface area contributed by atoms with Crippen LogP contribution in [0, 0.1) is 5.92 Å². The molecule has 1 aromatic rings. The lowest BCUT2D eigenvalue weighted by atomic mass is 9.98. The third-order valence-electron chi connectivity index (χ3n) is 4.54. The molecule has 0 spiro atoms. The minimum absolute atomic E-state index is 0.461. The van der Waals surface area contributed by atoms with Crippen molar-refractivity contribution < 1.29 is 0 Å². The topological polar surface area (TPSA) is 39.7 Å². The molecule has 1 fully saturated rings. The van der Waals surface area contributed by atoms with E-state index in [-0.39, 0.29) is 0 Å². The van der Waals surface area contributed by atoms with Crippen molar-refractivity contribution in [2.24, 2.45) is 10.9 Å². The predicted molar refractivity (Wildman–Crippen MR) is 111 cm³/mol. The summed E-state index contributed by atoms with van der Waals surface area (Å²) in [5.74, 6) is 1.69. The molecule has 0 radical (unpaired) electrons. The van der Waals surface area contributed by atoms with Crippen LogP contribution in [0.1, 0.15) is 33.6 Å². The van der Waals surface area contributed by atoms with Crippen LogP contribution in [0.25, 0.3) is 0 Å². The van der Waals surface area contributed by atoms with Crippen molar-refractivity contribution in [2.75, 3.05) is 39.3 Å². The molecule has 2 rings (SSSR count). The van der Waals surface area contributed by atoms with Gasteiger partial charge in [0.05, 0.1) is 6.54 Å². The third kappa shape index (κ3) is 7.70. The number of hydrogen-bond acceptors (Lipinski definition) is 3. The number of benzene rings is 1. The second-order valence-corrected chi connectivity index (χ2v) is 8.26. The van der Waals surface area contributed by atoms with E-state index in [0.29, 0.717) is 5.25 Å². The highest BCUT2D eigenvalue weighted by molar-refractivity contribution is 8.00. The molecular weight excluding hydrogens is 328 g/mol. The van der Waals surface area contributed by atoms with Crippen LogP contribution in [-0.4, -0.2) is 55.4 Å². The van der Waals surface area contributed by atoms with E-state index in [2.05, 4.69) is 66.6 Å². The van der Waals surface area contributed by atoms with Crippen molar-refractivity contribution in [3.63, 3.8) is 0 Å². The van der Waals surface area contributed by atoms with Gasteiger partial charge in [0.15, 0.2) is 5.96 Å². The fourth-order valence-electron chi connectivity index (χ4n) is 3.18. The van der Waals surface area contributed by atoms with Crippen LogP contribution in [0.2, 0.25) is 0 Å². The number of piperidine rings is 1. The van der Waals surface area contributed by atoms with Gasteiger partial charge in [-0.2, -0.15) is 0 Å². The molecule has 2 atom stereocenters.